The lowest BCUT2D eigenvalue weighted by molar-refractivity contribution is 0.396. The lowest BCUT2D eigenvalue weighted by atomic mass is 10.1. The van der Waals surface area contributed by atoms with Crippen molar-refractivity contribution in [3.05, 3.63) is 59.9 Å². The molecule has 1 aliphatic heterocycles. The number of sulfonamides is 2. The third-order valence-corrected chi connectivity index (χ3v) is 7.01. The Labute approximate surface area is 146 Å². The summed E-state index contributed by atoms with van der Waals surface area (Å²) >= 11 is 0. The summed E-state index contributed by atoms with van der Waals surface area (Å²) in [5, 5.41) is 5.08. The van der Waals surface area contributed by atoms with Crippen LogP contribution < -0.4 is 5.14 Å². The van der Waals surface area contributed by atoms with Crippen LogP contribution in [0, 0.1) is 5.82 Å². The molecular weight excluding hydrogens is 367 g/mol. The van der Waals surface area contributed by atoms with Crippen molar-refractivity contribution in [1.82, 2.24) is 4.31 Å². The third-order valence-electron chi connectivity index (χ3n) is 4.20. The summed E-state index contributed by atoms with van der Waals surface area (Å²) < 4.78 is 63.4. The van der Waals surface area contributed by atoms with E-state index in [1.807, 2.05) is 0 Å². The SMILES string of the molecule is NS(=O)(=O)c1cccc(S(=O)(=O)N2CCCC2c2ccc(F)cc2)c1. The molecular formula is C16H17FN2O4S2. The molecule has 0 aromatic heterocycles. The zero-order chi connectivity index (χ0) is 18.2. The number of benzene rings is 2. The summed E-state index contributed by atoms with van der Waals surface area (Å²) in [4.78, 5) is -0.390. The van der Waals surface area contributed by atoms with Gasteiger partial charge < -0.3 is 0 Å². The van der Waals surface area contributed by atoms with E-state index >= 15 is 0 Å². The van der Waals surface area contributed by atoms with Crippen LogP contribution in [0.25, 0.3) is 0 Å². The quantitative estimate of drug-likeness (QED) is 0.872. The second kappa shape index (κ2) is 6.49. The second-order valence-electron chi connectivity index (χ2n) is 5.85. The van der Waals surface area contributed by atoms with Crippen LogP contribution in [0.4, 0.5) is 4.39 Å². The molecule has 9 heteroatoms. The van der Waals surface area contributed by atoms with Gasteiger partial charge in [0, 0.05) is 6.54 Å². The standard InChI is InChI=1S/C16H17FN2O4S2/c17-13-8-6-12(7-9-13)16-5-2-10-19(16)25(22,23)15-4-1-3-14(11-15)24(18,20)21/h1,3-4,6-9,11,16H,2,5,10H2,(H2,18,20,21). The Hall–Kier alpha value is -1.81. The first-order valence-corrected chi connectivity index (χ1v) is 10.6. The first kappa shape index (κ1) is 18.0. The van der Waals surface area contributed by atoms with E-state index in [9.17, 15) is 21.2 Å². The highest BCUT2D eigenvalue weighted by atomic mass is 32.2. The summed E-state index contributed by atoms with van der Waals surface area (Å²) in [7, 11) is -7.91. The predicted octanol–water partition coefficient (Wildman–Crippen LogP) is 2.00. The van der Waals surface area contributed by atoms with Gasteiger partial charge in [-0.2, -0.15) is 4.31 Å². The van der Waals surface area contributed by atoms with Crippen LogP contribution in [0.5, 0.6) is 0 Å². The molecule has 1 aliphatic rings. The number of primary sulfonamides is 1. The average molecular weight is 384 g/mol. The monoisotopic (exact) mass is 384 g/mol. The van der Waals surface area contributed by atoms with Gasteiger partial charge in [0.15, 0.2) is 0 Å². The number of rotatable bonds is 4. The molecule has 2 N–H and O–H groups in total. The normalized spacial score (nSPS) is 19.2. The average Bonchev–Trinajstić information content (AvgIpc) is 3.05. The molecule has 1 saturated heterocycles. The highest BCUT2D eigenvalue weighted by Gasteiger charge is 2.36. The summed E-state index contributed by atoms with van der Waals surface area (Å²) in [5.74, 6) is -0.392. The van der Waals surface area contributed by atoms with Gasteiger partial charge in [0.05, 0.1) is 15.8 Å². The van der Waals surface area contributed by atoms with Crippen molar-refractivity contribution < 1.29 is 21.2 Å². The molecule has 6 nitrogen and oxygen atoms in total. The molecule has 3 rings (SSSR count). The van der Waals surface area contributed by atoms with Gasteiger partial charge in [0.1, 0.15) is 5.82 Å². The van der Waals surface area contributed by atoms with Crippen molar-refractivity contribution >= 4 is 20.0 Å². The van der Waals surface area contributed by atoms with Crippen LogP contribution in [0.1, 0.15) is 24.4 Å². The zero-order valence-corrected chi connectivity index (χ0v) is 14.8. The summed E-state index contributed by atoms with van der Waals surface area (Å²) in [6.07, 6.45) is 1.27. The minimum atomic E-state index is -4.00. The number of hydrogen-bond donors (Lipinski definition) is 1. The second-order valence-corrected chi connectivity index (χ2v) is 9.30. The molecule has 0 radical (unpaired) electrons. The van der Waals surface area contributed by atoms with Gasteiger partial charge in [-0.1, -0.05) is 18.2 Å². The van der Waals surface area contributed by atoms with E-state index in [1.165, 1.54) is 34.6 Å². The Kier molecular flexibility index (Phi) is 4.67. The predicted molar refractivity (Wildman–Crippen MR) is 90.1 cm³/mol. The van der Waals surface area contributed by atoms with E-state index in [-0.39, 0.29) is 9.79 Å². The van der Waals surface area contributed by atoms with E-state index in [0.717, 1.165) is 6.07 Å². The van der Waals surface area contributed by atoms with Crippen LogP contribution >= 0.6 is 0 Å². The number of nitrogens with two attached hydrogens (primary N) is 1. The lowest BCUT2D eigenvalue weighted by Gasteiger charge is -2.24. The lowest BCUT2D eigenvalue weighted by Crippen LogP contribution is -2.31. The Morgan fingerprint density at radius 2 is 1.64 bits per heavy atom. The van der Waals surface area contributed by atoms with Crippen LogP contribution in [0.3, 0.4) is 0 Å². The van der Waals surface area contributed by atoms with E-state index in [1.54, 1.807) is 12.1 Å². The van der Waals surface area contributed by atoms with E-state index < -0.39 is 31.9 Å². The van der Waals surface area contributed by atoms with Crippen LogP contribution in [0.2, 0.25) is 0 Å². The topological polar surface area (TPSA) is 97.5 Å². The van der Waals surface area contributed by atoms with Crippen LogP contribution in [-0.4, -0.2) is 27.7 Å². The first-order valence-electron chi connectivity index (χ1n) is 7.60. The van der Waals surface area contributed by atoms with Crippen molar-refractivity contribution in [2.45, 2.75) is 28.7 Å². The number of halogens is 1. The van der Waals surface area contributed by atoms with Gasteiger partial charge in [-0.3, -0.25) is 0 Å². The van der Waals surface area contributed by atoms with Crippen molar-refractivity contribution in [2.75, 3.05) is 6.54 Å². The summed E-state index contributed by atoms with van der Waals surface area (Å²) in [5.41, 5.74) is 0.699. The molecule has 0 bridgehead atoms. The van der Waals surface area contributed by atoms with Gasteiger partial charge in [-0.25, -0.2) is 26.4 Å². The van der Waals surface area contributed by atoms with Gasteiger partial charge in [0.25, 0.3) is 0 Å². The minimum Gasteiger partial charge on any atom is -0.225 e. The number of nitrogens with zero attached hydrogens (tertiary/aromatic N) is 1. The van der Waals surface area contributed by atoms with Crippen molar-refractivity contribution in [2.24, 2.45) is 5.14 Å². The van der Waals surface area contributed by atoms with Crippen LogP contribution in [0.15, 0.2) is 58.3 Å². The molecule has 0 saturated carbocycles. The van der Waals surface area contributed by atoms with Gasteiger partial charge in [-0.05, 0) is 48.7 Å². The highest BCUT2D eigenvalue weighted by molar-refractivity contribution is 7.90. The molecule has 0 amide bonds. The van der Waals surface area contributed by atoms with Gasteiger partial charge in [0.2, 0.25) is 20.0 Å². The Balaban J connectivity index is 2.00. The maximum atomic E-state index is 13.1. The molecule has 2 aromatic carbocycles. The van der Waals surface area contributed by atoms with Gasteiger partial charge in [-0.15, -0.1) is 0 Å². The Morgan fingerprint density at radius 3 is 2.28 bits per heavy atom. The summed E-state index contributed by atoms with van der Waals surface area (Å²) in [6, 6.07) is 10.3. The molecule has 1 unspecified atom stereocenters. The smallest absolute Gasteiger partial charge is 0.225 e. The first-order chi connectivity index (χ1) is 11.7. The Bertz CT molecular complexity index is 989. The largest absolute Gasteiger partial charge is 0.243 e. The fourth-order valence-electron chi connectivity index (χ4n) is 2.99. The van der Waals surface area contributed by atoms with Crippen molar-refractivity contribution in [1.29, 1.82) is 0 Å². The van der Waals surface area contributed by atoms with E-state index in [2.05, 4.69) is 0 Å². The molecule has 134 valence electrons. The minimum absolute atomic E-state index is 0.131. The van der Waals surface area contributed by atoms with Crippen molar-refractivity contribution in [3.63, 3.8) is 0 Å². The molecule has 25 heavy (non-hydrogen) atoms. The third kappa shape index (κ3) is 3.59. The molecule has 1 heterocycles. The highest BCUT2D eigenvalue weighted by Crippen LogP contribution is 2.36. The fraction of sp³-hybridized carbons (Fsp3) is 0.250. The van der Waals surface area contributed by atoms with Gasteiger partial charge >= 0.3 is 0 Å². The maximum Gasteiger partial charge on any atom is 0.243 e. The molecule has 1 atom stereocenters. The van der Waals surface area contributed by atoms with Crippen molar-refractivity contribution in [3.8, 4) is 0 Å². The summed E-state index contributed by atoms with van der Waals surface area (Å²) in [6.45, 7) is 0.310. The molecule has 0 aliphatic carbocycles. The van der Waals surface area contributed by atoms with E-state index in [0.29, 0.717) is 24.9 Å². The molecule has 2 aromatic rings. The maximum absolute atomic E-state index is 13.1. The zero-order valence-electron chi connectivity index (χ0n) is 13.2. The van der Waals surface area contributed by atoms with Crippen LogP contribution in [-0.2, 0) is 20.0 Å². The molecule has 0 spiro atoms. The molecule has 1 fully saturated rings. The number of hydrogen-bond acceptors (Lipinski definition) is 4. The Morgan fingerprint density at radius 1 is 1.00 bits per heavy atom. The fourth-order valence-corrected chi connectivity index (χ4v) is 5.36. The van der Waals surface area contributed by atoms with E-state index in [4.69, 9.17) is 5.14 Å².